The van der Waals surface area contributed by atoms with Gasteiger partial charge in [0.25, 0.3) is 0 Å². The van der Waals surface area contributed by atoms with E-state index >= 15 is 0 Å². The molecule has 0 saturated carbocycles. The summed E-state index contributed by atoms with van der Waals surface area (Å²) in [5.41, 5.74) is 1.39. The monoisotopic (exact) mass is 339 g/mol. The number of rotatable bonds is 7. The molecule has 1 fully saturated rings. The van der Waals surface area contributed by atoms with Gasteiger partial charge < -0.3 is 9.80 Å². The zero-order chi connectivity index (χ0) is 17.5. The van der Waals surface area contributed by atoms with Crippen LogP contribution in [0.1, 0.15) is 25.3 Å². The Morgan fingerprint density at radius 3 is 2.52 bits per heavy atom. The van der Waals surface area contributed by atoms with Crippen molar-refractivity contribution in [1.29, 1.82) is 0 Å². The Balaban J connectivity index is 1.55. The van der Waals surface area contributed by atoms with E-state index in [1.807, 2.05) is 0 Å². The largest absolute Gasteiger partial charge is 0.360 e. The lowest BCUT2D eigenvalue weighted by Crippen LogP contribution is -2.46. The van der Waals surface area contributed by atoms with Crippen molar-refractivity contribution in [3.05, 3.63) is 48.3 Å². The number of benzene rings is 1. The first-order valence-electron chi connectivity index (χ1n) is 9.30. The SMILES string of the molecule is CCCCN(C)c1cc(N2CCN(Cc3ccccc3)CC2)ncn1. The summed E-state index contributed by atoms with van der Waals surface area (Å²) in [6.45, 7) is 8.46. The fraction of sp³-hybridized carbons (Fsp3) is 0.500. The summed E-state index contributed by atoms with van der Waals surface area (Å²) in [4.78, 5) is 16.1. The lowest BCUT2D eigenvalue weighted by molar-refractivity contribution is 0.249. The van der Waals surface area contributed by atoms with Crippen molar-refractivity contribution in [2.24, 2.45) is 0 Å². The summed E-state index contributed by atoms with van der Waals surface area (Å²) in [7, 11) is 2.11. The summed E-state index contributed by atoms with van der Waals surface area (Å²) in [6, 6.07) is 12.8. The molecule has 1 aromatic heterocycles. The second-order valence-corrected chi connectivity index (χ2v) is 6.76. The summed E-state index contributed by atoms with van der Waals surface area (Å²) in [6.07, 6.45) is 4.09. The van der Waals surface area contributed by atoms with Crippen molar-refractivity contribution in [1.82, 2.24) is 14.9 Å². The highest BCUT2D eigenvalue weighted by atomic mass is 15.3. The van der Waals surface area contributed by atoms with Gasteiger partial charge in [-0.3, -0.25) is 4.90 Å². The Morgan fingerprint density at radius 2 is 1.80 bits per heavy atom. The molecule has 1 aromatic carbocycles. The predicted octanol–water partition coefficient (Wildman–Crippen LogP) is 3.04. The van der Waals surface area contributed by atoms with E-state index < -0.39 is 0 Å². The van der Waals surface area contributed by atoms with Gasteiger partial charge in [-0.2, -0.15) is 0 Å². The van der Waals surface area contributed by atoms with Crippen molar-refractivity contribution >= 4 is 11.6 Å². The normalized spacial score (nSPS) is 15.4. The van der Waals surface area contributed by atoms with Crippen LogP contribution in [0.5, 0.6) is 0 Å². The Labute approximate surface area is 151 Å². The van der Waals surface area contributed by atoms with Crippen molar-refractivity contribution in [2.45, 2.75) is 26.3 Å². The minimum Gasteiger partial charge on any atom is -0.360 e. The molecule has 0 unspecified atom stereocenters. The van der Waals surface area contributed by atoms with E-state index in [-0.39, 0.29) is 0 Å². The smallest absolute Gasteiger partial charge is 0.134 e. The third kappa shape index (κ3) is 4.92. The number of nitrogens with zero attached hydrogens (tertiary/aromatic N) is 5. The standard InChI is InChI=1S/C20H29N5/c1-3-4-10-23(2)19-15-20(22-17-21-19)25-13-11-24(12-14-25)16-18-8-6-5-7-9-18/h5-9,15,17H,3-4,10-14,16H2,1-2H3. The topological polar surface area (TPSA) is 35.5 Å². The molecule has 0 amide bonds. The maximum absolute atomic E-state index is 4.50. The van der Waals surface area contributed by atoms with Gasteiger partial charge in [-0.1, -0.05) is 43.7 Å². The molecule has 0 bridgehead atoms. The lowest BCUT2D eigenvalue weighted by atomic mass is 10.2. The van der Waals surface area contributed by atoms with Gasteiger partial charge in [-0.25, -0.2) is 9.97 Å². The number of anilines is 2. The van der Waals surface area contributed by atoms with E-state index in [4.69, 9.17) is 0 Å². The molecule has 5 nitrogen and oxygen atoms in total. The lowest BCUT2D eigenvalue weighted by Gasteiger charge is -2.35. The summed E-state index contributed by atoms with van der Waals surface area (Å²) in [5.74, 6) is 2.07. The molecule has 0 N–H and O–H groups in total. The third-order valence-electron chi connectivity index (χ3n) is 4.82. The van der Waals surface area contributed by atoms with E-state index in [9.17, 15) is 0 Å². The maximum atomic E-state index is 4.50. The van der Waals surface area contributed by atoms with Gasteiger partial charge in [0.05, 0.1) is 0 Å². The molecule has 3 rings (SSSR count). The predicted molar refractivity (Wildman–Crippen MR) is 104 cm³/mol. The molecule has 1 aliphatic heterocycles. The van der Waals surface area contributed by atoms with Crippen LogP contribution < -0.4 is 9.80 Å². The van der Waals surface area contributed by atoms with E-state index in [0.717, 1.165) is 50.9 Å². The van der Waals surface area contributed by atoms with Gasteiger partial charge >= 0.3 is 0 Å². The second-order valence-electron chi connectivity index (χ2n) is 6.76. The average molecular weight is 339 g/mol. The van der Waals surface area contributed by atoms with E-state index in [2.05, 4.69) is 75.0 Å². The van der Waals surface area contributed by atoms with Crippen molar-refractivity contribution in [2.75, 3.05) is 49.6 Å². The van der Waals surface area contributed by atoms with E-state index in [0.29, 0.717) is 0 Å². The fourth-order valence-corrected chi connectivity index (χ4v) is 3.21. The number of hydrogen-bond donors (Lipinski definition) is 0. The molecular weight excluding hydrogens is 310 g/mol. The molecular formula is C20H29N5. The van der Waals surface area contributed by atoms with E-state index in [1.165, 1.54) is 18.4 Å². The molecule has 2 aromatic rings. The van der Waals surface area contributed by atoms with Crippen LogP contribution >= 0.6 is 0 Å². The molecule has 0 spiro atoms. The number of aromatic nitrogens is 2. The van der Waals surface area contributed by atoms with E-state index in [1.54, 1.807) is 6.33 Å². The highest BCUT2D eigenvalue weighted by Gasteiger charge is 2.19. The number of unbranched alkanes of at least 4 members (excludes halogenated alkanes) is 1. The molecule has 0 atom stereocenters. The summed E-state index contributed by atoms with van der Waals surface area (Å²) < 4.78 is 0. The van der Waals surface area contributed by atoms with Crippen LogP contribution in [0.3, 0.4) is 0 Å². The minimum absolute atomic E-state index is 1.02. The number of piperazine rings is 1. The molecule has 134 valence electrons. The van der Waals surface area contributed by atoms with Gasteiger partial charge in [-0.15, -0.1) is 0 Å². The van der Waals surface area contributed by atoms with Gasteiger partial charge in [0, 0.05) is 52.4 Å². The summed E-state index contributed by atoms with van der Waals surface area (Å²) >= 11 is 0. The van der Waals surface area contributed by atoms with Crippen LogP contribution in [0.2, 0.25) is 0 Å². The molecule has 5 heteroatoms. The molecule has 1 aliphatic rings. The molecule has 25 heavy (non-hydrogen) atoms. The first kappa shape index (κ1) is 17.7. The second kappa shape index (κ2) is 8.81. The Morgan fingerprint density at radius 1 is 1.04 bits per heavy atom. The number of hydrogen-bond acceptors (Lipinski definition) is 5. The molecule has 1 saturated heterocycles. The van der Waals surface area contributed by atoms with Gasteiger partial charge in [0.15, 0.2) is 0 Å². The van der Waals surface area contributed by atoms with Crippen LogP contribution in [0, 0.1) is 0 Å². The van der Waals surface area contributed by atoms with Gasteiger partial charge in [-0.05, 0) is 12.0 Å². The average Bonchev–Trinajstić information content (AvgIpc) is 2.67. The van der Waals surface area contributed by atoms with Crippen LogP contribution in [0.4, 0.5) is 11.6 Å². The quantitative estimate of drug-likeness (QED) is 0.775. The Kier molecular flexibility index (Phi) is 6.23. The van der Waals surface area contributed by atoms with Crippen LogP contribution in [-0.2, 0) is 6.54 Å². The van der Waals surface area contributed by atoms with Crippen LogP contribution in [-0.4, -0.2) is 54.6 Å². The minimum atomic E-state index is 1.02. The Bertz CT molecular complexity index is 638. The van der Waals surface area contributed by atoms with Gasteiger partial charge in [0.1, 0.15) is 18.0 Å². The molecule has 0 radical (unpaired) electrons. The zero-order valence-electron chi connectivity index (χ0n) is 15.4. The Hall–Kier alpha value is -2.14. The van der Waals surface area contributed by atoms with Crippen molar-refractivity contribution in [3.63, 3.8) is 0 Å². The van der Waals surface area contributed by atoms with Crippen LogP contribution in [0.25, 0.3) is 0 Å². The fourth-order valence-electron chi connectivity index (χ4n) is 3.21. The molecule has 0 aliphatic carbocycles. The third-order valence-corrected chi connectivity index (χ3v) is 4.82. The zero-order valence-corrected chi connectivity index (χ0v) is 15.4. The highest BCUT2D eigenvalue weighted by molar-refractivity contribution is 5.50. The van der Waals surface area contributed by atoms with Gasteiger partial charge in [0.2, 0.25) is 0 Å². The van der Waals surface area contributed by atoms with Crippen molar-refractivity contribution < 1.29 is 0 Å². The first-order valence-corrected chi connectivity index (χ1v) is 9.30. The first-order chi connectivity index (χ1) is 12.3. The summed E-state index contributed by atoms with van der Waals surface area (Å²) in [5, 5.41) is 0. The van der Waals surface area contributed by atoms with Crippen LogP contribution in [0.15, 0.2) is 42.7 Å². The highest BCUT2D eigenvalue weighted by Crippen LogP contribution is 2.19. The maximum Gasteiger partial charge on any atom is 0.134 e. The van der Waals surface area contributed by atoms with Crippen molar-refractivity contribution in [3.8, 4) is 0 Å². The molecule has 2 heterocycles.